The van der Waals surface area contributed by atoms with Gasteiger partial charge in [0.25, 0.3) is 5.91 Å². The van der Waals surface area contributed by atoms with Crippen molar-refractivity contribution in [2.24, 2.45) is 0 Å². The van der Waals surface area contributed by atoms with Crippen LogP contribution in [0.3, 0.4) is 0 Å². The number of carbonyl (C=O) groups is 2. The zero-order valence-electron chi connectivity index (χ0n) is 13.7. The minimum Gasteiger partial charge on any atom is -0.298 e. The van der Waals surface area contributed by atoms with E-state index >= 15 is 0 Å². The van der Waals surface area contributed by atoms with Crippen LogP contribution >= 0.6 is 28.1 Å². The number of benzene rings is 2. The van der Waals surface area contributed by atoms with Crippen LogP contribution in [0.15, 0.2) is 53.0 Å². The first-order valence-corrected chi connectivity index (χ1v) is 8.66. The molecule has 134 valence electrons. The molecule has 8 heteroatoms. The lowest BCUT2D eigenvalue weighted by atomic mass is 10.1. The van der Waals surface area contributed by atoms with Crippen LogP contribution in [0.2, 0.25) is 0 Å². The van der Waals surface area contributed by atoms with E-state index in [4.69, 9.17) is 12.2 Å². The van der Waals surface area contributed by atoms with E-state index in [2.05, 4.69) is 32.1 Å². The largest absolute Gasteiger partial charge is 0.298 e. The topological polar surface area (TPSA) is 70.2 Å². The van der Waals surface area contributed by atoms with Crippen molar-refractivity contribution in [2.45, 2.75) is 6.92 Å². The molecule has 3 N–H and O–H groups in total. The molecule has 0 saturated heterocycles. The van der Waals surface area contributed by atoms with Gasteiger partial charge < -0.3 is 0 Å². The van der Waals surface area contributed by atoms with E-state index in [0.29, 0.717) is 11.1 Å². The lowest BCUT2D eigenvalue weighted by molar-refractivity contribution is -0.115. The highest BCUT2D eigenvalue weighted by Crippen LogP contribution is 2.17. The summed E-state index contributed by atoms with van der Waals surface area (Å²) in [5.41, 5.74) is 6.95. The smallest absolute Gasteiger partial charge is 0.269 e. The second-order valence-corrected chi connectivity index (χ2v) is 6.51. The van der Waals surface area contributed by atoms with Crippen LogP contribution in [0.25, 0.3) is 6.08 Å². The predicted molar refractivity (Wildman–Crippen MR) is 106 cm³/mol. The van der Waals surface area contributed by atoms with Crippen molar-refractivity contribution in [1.29, 1.82) is 0 Å². The number of hydrogen-bond acceptors (Lipinski definition) is 3. The number of carbonyl (C=O) groups excluding carboxylic acids is 2. The summed E-state index contributed by atoms with van der Waals surface area (Å²) in [6, 6.07) is 10.8. The van der Waals surface area contributed by atoms with Gasteiger partial charge in [0.05, 0.1) is 0 Å². The standard InChI is InChI=1S/C18H15BrFN3O2S/c1-11-2-6-13(10-15(11)19)17(25)22-23-18(26)21-16(24)9-5-12-3-7-14(20)8-4-12/h2-10H,1H3,(H,22,25)(H2,21,23,24,26)/b9-5+. The molecule has 2 amide bonds. The molecule has 0 saturated carbocycles. The number of rotatable bonds is 3. The zero-order valence-corrected chi connectivity index (χ0v) is 16.1. The fourth-order valence-electron chi connectivity index (χ4n) is 1.85. The van der Waals surface area contributed by atoms with Crippen LogP contribution in [-0.4, -0.2) is 16.9 Å². The van der Waals surface area contributed by atoms with Crippen molar-refractivity contribution in [2.75, 3.05) is 0 Å². The molecule has 0 atom stereocenters. The molecule has 26 heavy (non-hydrogen) atoms. The van der Waals surface area contributed by atoms with Gasteiger partial charge in [0, 0.05) is 16.1 Å². The van der Waals surface area contributed by atoms with Gasteiger partial charge in [-0.3, -0.25) is 25.8 Å². The molecule has 0 spiro atoms. The maximum Gasteiger partial charge on any atom is 0.269 e. The maximum absolute atomic E-state index is 12.8. The molecule has 5 nitrogen and oxygen atoms in total. The molecular formula is C18H15BrFN3O2S. The summed E-state index contributed by atoms with van der Waals surface area (Å²) < 4.78 is 13.6. The number of nitrogens with one attached hydrogen (secondary N) is 3. The van der Waals surface area contributed by atoms with Crippen molar-refractivity contribution >= 4 is 51.2 Å². The summed E-state index contributed by atoms with van der Waals surface area (Å²) >= 11 is 8.30. The summed E-state index contributed by atoms with van der Waals surface area (Å²) in [5.74, 6) is -1.24. The summed E-state index contributed by atoms with van der Waals surface area (Å²) in [6.07, 6.45) is 2.76. The van der Waals surface area contributed by atoms with Crippen molar-refractivity contribution in [3.05, 3.63) is 75.5 Å². The molecule has 0 bridgehead atoms. The third kappa shape index (κ3) is 6.05. The average molecular weight is 436 g/mol. The van der Waals surface area contributed by atoms with Crippen molar-refractivity contribution in [3.63, 3.8) is 0 Å². The second-order valence-electron chi connectivity index (χ2n) is 5.25. The lowest BCUT2D eigenvalue weighted by Gasteiger charge is -2.10. The summed E-state index contributed by atoms with van der Waals surface area (Å²) in [7, 11) is 0. The van der Waals surface area contributed by atoms with Gasteiger partial charge in [-0.2, -0.15) is 0 Å². The Labute approximate surface area is 163 Å². The molecule has 0 aromatic heterocycles. The molecule has 2 rings (SSSR count). The third-order valence-corrected chi connectivity index (χ3v) is 4.32. The van der Waals surface area contributed by atoms with Gasteiger partial charge in [0.15, 0.2) is 5.11 Å². The Hall–Kier alpha value is -2.58. The first-order valence-electron chi connectivity index (χ1n) is 7.46. The highest BCUT2D eigenvalue weighted by Gasteiger charge is 2.08. The Morgan fingerprint density at radius 3 is 2.46 bits per heavy atom. The Morgan fingerprint density at radius 2 is 1.81 bits per heavy atom. The van der Waals surface area contributed by atoms with Gasteiger partial charge in [-0.25, -0.2) is 4.39 Å². The predicted octanol–water partition coefficient (Wildman–Crippen LogP) is 3.25. The van der Waals surface area contributed by atoms with E-state index in [1.165, 1.54) is 36.4 Å². The number of amides is 2. The molecule has 2 aromatic rings. The molecular weight excluding hydrogens is 421 g/mol. The summed E-state index contributed by atoms with van der Waals surface area (Å²) in [5, 5.41) is 2.33. The van der Waals surface area contributed by atoms with E-state index in [-0.39, 0.29) is 10.9 Å². The summed E-state index contributed by atoms with van der Waals surface area (Å²) in [6.45, 7) is 1.91. The molecule has 0 aliphatic carbocycles. The first kappa shape index (κ1) is 19.7. The highest BCUT2D eigenvalue weighted by molar-refractivity contribution is 9.10. The van der Waals surface area contributed by atoms with Gasteiger partial charge in [-0.05, 0) is 60.6 Å². The Bertz CT molecular complexity index is 869. The van der Waals surface area contributed by atoms with Gasteiger partial charge in [0.1, 0.15) is 5.82 Å². The monoisotopic (exact) mass is 435 g/mol. The number of halogens is 2. The van der Waals surface area contributed by atoms with Crippen LogP contribution in [0, 0.1) is 12.7 Å². The van der Waals surface area contributed by atoms with Gasteiger partial charge in [0.2, 0.25) is 5.91 Å². The Kier molecular flexibility index (Phi) is 6.99. The van der Waals surface area contributed by atoms with E-state index < -0.39 is 11.8 Å². The van der Waals surface area contributed by atoms with Crippen LogP contribution in [-0.2, 0) is 4.79 Å². The number of thiocarbonyl (C=S) groups is 1. The van der Waals surface area contributed by atoms with E-state index in [1.807, 2.05) is 6.92 Å². The fourth-order valence-corrected chi connectivity index (χ4v) is 2.38. The quantitative estimate of drug-likeness (QED) is 0.393. The molecule has 0 aliphatic heterocycles. The molecule has 0 radical (unpaired) electrons. The number of hydrazine groups is 1. The lowest BCUT2D eigenvalue weighted by Crippen LogP contribution is -2.48. The molecule has 2 aromatic carbocycles. The fraction of sp³-hybridized carbons (Fsp3) is 0.0556. The van der Waals surface area contributed by atoms with Crippen molar-refractivity contribution in [1.82, 2.24) is 16.2 Å². The molecule has 0 aliphatic rings. The SMILES string of the molecule is Cc1ccc(C(=O)NNC(=S)NC(=O)/C=C/c2ccc(F)cc2)cc1Br. The van der Waals surface area contributed by atoms with E-state index in [9.17, 15) is 14.0 Å². The normalized spacial score (nSPS) is 10.4. The van der Waals surface area contributed by atoms with Crippen LogP contribution in [0.5, 0.6) is 0 Å². The number of aryl methyl sites for hydroxylation is 1. The third-order valence-electron chi connectivity index (χ3n) is 3.26. The zero-order chi connectivity index (χ0) is 19.1. The Morgan fingerprint density at radius 1 is 1.12 bits per heavy atom. The maximum atomic E-state index is 12.8. The molecule has 0 heterocycles. The first-order chi connectivity index (χ1) is 12.3. The van der Waals surface area contributed by atoms with Gasteiger partial charge in [-0.1, -0.05) is 34.1 Å². The van der Waals surface area contributed by atoms with Gasteiger partial charge in [-0.15, -0.1) is 0 Å². The summed E-state index contributed by atoms with van der Waals surface area (Å²) in [4.78, 5) is 23.8. The van der Waals surface area contributed by atoms with Crippen LogP contribution in [0.4, 0.5) is 4.39 Å². The number of hydrogen-bond donors (Lipinski definition) is 3. The average Bonchev–Trinajstić information content (AvgIpc) is 2.61. The van der Waals surface area contributed by atoms with Crippen molar-refractivity contribution < 1.29 is 14.0 Å². The van der Waals surface area contributed by atoms with Crippen LogP contribution < -0.4 is 16.2 Å². The minimum atomic E-state index is -0.487. The Balaban J connectivity index is 1.82. The molecule has 0 fully saturated rings. The van der Waals surface area contributed by atoms with Crippen molar-refractivity contribution in [3.8, 4) is 0 Å². The van der Waals surface area contributed by atoms with E-state index in [0.717, 1.165) is 10.0 Å². The minimum absolute atomic E-state index is 0.0571. The van der Waals surface area contributed by atoms with E-state index in [1.54, 1.807) is 18.2 Å². The van der Waals surface area contributed by atoms with Crippen LogP contribution in [0.1, 0.15) is 21.5 Å². The van der Waals surface area contributed by atoms with Gasteiger partial charge >= 0.3 is 0 Å². The molecule has 0 unspecified atom stereocenters. The second kappa shape index (κ2) is 9.21. The highest BCUT2D eigenvalue weighted by atomic mass is 79.9.